The van der Waals surface area contributed by atoms with Crippen molar-refractivity contribution in [1.29, 1.82) is 0 Å². The van der Waals surface area contributed by atoms with Crippen molar-refractivity contribution in [1.82, 2.24) is 0 Å². The van der Waals surface area contributed by atoms with E-state index in [4.69, 9.17) is 0 Å². The van der Waals surface area contributed by atoms with Gasteiger partial charge in [0.2, 0.25) is 0 Å². The van der Waals surface area contributed by atoms with E-state index in [1.807, 2.05) is 0 Å². The average molecular weight is 225 g/mol. The molecule has 4 heteroatoms. The number of nitrogens with zero attached hydrogens (tertiary/aromatic N) is 1. The van der Waals surface area contributed by atoms with Gasteiger partial charge in [0.25, 0.3) is 0 Å². The molecule has 0 aliphatic carbocycles. The Morgan fingerprint density at radius 3 is 2.64 bits per heavy atom. The molecule has 11 heavy (non-hydrogen) atoms. The SMILES string of the molecule is Cc1ccc[c-]c1[N+](=O)[O-].[Y]. The summed E-state index contributed by atoms with van der Waals surface area (Å²) < 4.78 is 0. The summed E-state index contributed by atoms with van der Waals surface area (Å²) in [5.74, 6) is 0. The maximum atomic E-state index is 10.2. The summed E-state index contributed by atoms with van der Waals surface area (Å²) in [5, 5.41) is 10.2. The first-order chi connectivity index (χ1) is 4.72. The Hall–Kier alpha value is -0.276. The molecule has 0 unspecified atom stereocenters. The molecule has 0 spiro atoms. The Morgan fingerprint density at radius 1 is 1.64 bits per heavy atom. The number of nitro groups is 1. The first-order valence-electron chi connectivity index (χ1n) is 2.83. The molecule has 0 aromatic heterocycles. The van der Waals surface area contributed by atoms with Crippen LogP contribution in [-0.2, 0) is 32.7 Å². The van der Waals surface area contributed by atoms with Crippen LogP contribution < -0.4 is 0 Å². The summed E-state index contributed by atoms with van der Waals surface area (Å²) >= 11 is 0. The molecular formula is C7H6NO2Y-. The summed E-state index contributed by atoms with van der Waals surface area (Å²) in [5.41, 5.74) is 0.704. The minimum absolute atomic E-state index is 0. The van der Waals surface area contributed by atoms with Crippen LogP contribution in [0, 0.1) is 23.1 Å². The van der Waals surface area contributed by atoms with E-state index in [1.165, 1.54) is 6.07 Å². The number of para-hydroxylation sites is 1. The van der Waals surface area contributed by atoms with Crippen LogP contribution in [0.5, 0.6) is 0 Å². The fourth-order valence-electron chi connectivity index (χ4n) is 0.709. The maximum Gasteiger partial charge on any atom is 0.165 e. The third-order valence-electron chi connectivity index (χ3n) is 1.22. The van der Waals surface area contributed by atoms with Crippen molar-refractivity contribution in [3.05, 3.63) is 39.9 Å². The Labute approximate surface area is 89.8 Å². The van der Waals surface area contributed by atoms with Crippen LogP contribution in [0.3, 0.4) is 0 Å². The van der Waals surface area contributed by atoms with Gasteiger partial charge < -0.3 is 0 Å². The van der Waals surface area contributed by atoms with E-state index in [-0.39, 0.29) is 38.4 Å². The minimum Gasteiger partial charge on any atom is -0.260 e. The third kappa shape index (κ3) is 2.68. The molecule has 1 radical (unpaired) electrons. The van der Waals surface area contributed by atoms with E-state index in [0.29, 0.717) is 5.56 Å². The molecule has 0 aliphatic rings. The smallest absolute Gasteiger partial charge is 0.165 e. The zero-order chi connectivity index (χ0) is 7.56. The van der Waals surface area contributed by atoms with Crippen LogP contribution in [0.2, 0.25) is 0 Å². The molecule has 0 saturated heterocycles. The van der Waals surface area contributed by atoms with Crippen LogP contribution >= 0.6 is 0 Å². The first-order valence-corrected chi connectivity index (χ1v) is 2.83. The molecule has 0 heterocycles. The molecule has 0 N–H and O–H groups in total. The number of benzene rings is 1. The number of nitro benzene ring substituents is 1. The van der Waals surface area contributed by atoms with Crippen molar-refractivity contribution in [3.8, 4) is 0 Å². The fraction of sp³-hybridized carbons (Fsp3) is 0.143. The summed E-state index contributed by atoms with van der Waals surface area (Å²) in [6.45, 7) is 1.69. The van der Waals surface area contributed by atoms with Crippen molar-refractivity contribution >= 4 is 5.69 Å². The van der Waals surface area contributed by atoms with Gasteiger partial charge in [0.15, 0.2) is 5.69 Å². The van der Waals surface area contributed by atoms with Gasteiger partial charge in [-0.15, -0.1) is 6.07 Å². The summed E-state index contributed by atoms with van der Waals surface area (Å²) in [7, 11) is 0. The second-order valence-corrected chi connectivity index (χ2v) is 1.96. The largest absolute Gasteiger partial charge is 0.260 e. The van der Waals surface area contributed by atoms with Crippen molar-refractivity contribution in [3.63, 3.8) is 0 Å². The van der Waals surface area contributed by atoms with Crippen molar-refractivity contribution < 1.29 is 37.6 Å². The molecule has 3 nitrogen and oxygen atoms in total. The van der Waals surface area contributed by atoms with Gasteiger partial charge in [-0.2, -0.15) is 18.2 Å². The number of rotatable bonds is 1. The monoisotopic (exact) mass is 225 g/mol. The molecule has 1 aromatic carbocycles. The summed E-state index contributed by atoms with van der Waals surface area (Å²) in [4.78, 5) is 9.76. The fourth-order valence-corrected chi connectivity index (χ4v) is 0.709. The Bertz CT molecular complexity index is 262. The van der Waals surface area contributed by atoms with Crippen molar-refractivity contribution in [2.45, 2.75) is 6.92 Å². The van der Waals surface area contributed by atoms with Gasteiger partial charge in [0.05, 0.1) is 0 Å². The molecule has 1 rings (SSSR count). The topological polar surface area (TPSA) is 43.1 Å². The molecule has 0 bridgehead atoms. The Morgan fingerprint density at radius 2 is 2.27 bits per heavy atom. The van der Waals surface area contributed by atoms with Crippen molar-refractivity contribution in [2.24, 2.45) is 0 Å². The predicted molar refractivity (Wildman–Crippen MR) is 36.7 cm³/mol. The third-order valence-corrected chi connectivity index (χ3v) is 1.22. The zero-order valence-electron chi connectivity index (χ0n) is 6.07. The Balaban J connectivity index is 0.000001000. The van der Waals surface area contributed by atoms with Gasteiger partial charge >= 0.3 is 0 Å². The van der Waals surface area contributed by atoms with Crippen LogP contribution in [-0.4, -0.2) is 4.92 Å². The normalized spacial score (nSPS) is 8.45. The van der Waals surface area contributed by atoms with Crippen LogP contribution in [0.4, 0.5) is 5.69 Å². The predicted octanol–water partition coefficient (Wildman–Crippen LogP) is 1.70. The number of hydrogen-bond acceptors (Lipinski definition) is 2. The van der Waals surface area contributed by atoms with Crippen LogP contribution in [0.15, 0.2) is 18.2 Å². The summed E-state index contributed by atoms with van der Waals surface area (Å²) in [6, 6.07) is 7.48. The zero-order valence-corrected chi connectivity index (χ0v) is 8.91. The van der Waals surface area contributed by atoms with E-state index in [2.05, 4.69) is 6.07 Å². The van der Waals surface area contributed by atoms with E-state index in [0.717, 1.165) is 0 Å². The molecule has 0 fully saturated rings. The quantitative estimate of drug-likeness (QED) is 0.414. The molecule has 0 atom stereocenters. The molecule has 55 valence electrons. The molecule has 1 aromatic rings. The van der Waals surface area contributed by atoms with Crippen LogP contribution in [0.25, 0.3) is 0 Å². The van der Waals surface area contributed by atoms with Gasteiger partial charge in [-0.05, 0) is 0 Å². The molecule has 0 aliphatic heterocycles. The van der Waals surface area contributed by atoms with E-state index in [1.54, 1.807) is 19.1 Å². The standard InChI is InChI=1S/C7H6NO2.Y/c1-6-4-2-3-5-7(6)8(9)10;/h2-4H,1H3;/q-1;. The summed E-state index contributed by atoms with van der Waals surface area (Å²) in [6.07, 6.45) is 0. The Kier molecular flexibility index (Phi) is 4.46. The molecule has 0 amide bonds. The first kappa shape index (κ1) is 10.7. The molecule has 0 saturated carbocycles. The van der Waals surface area contributed by atoms with E-state index < -0.39 is 4.92 Å². The number of hydrogen-bond donors (Lipinski definition) is 0. The van der Waals surface area contributed by atoms with Gasteiger partial charge in [-0.1, -0.05) is 12.5 Å². The average Bonchev–Trinajstić information content (AvgIpc) is 1.88. The maximum absolute atomic E-state index is 10.2. The van der Waals surface area contributed by atoms with E-state index in [9.17, 15) is 10.1 Å². The van der Waals surface area contributed by atoms with E-state index >= 15 is 0 Å². The van der Waals surface area contributed by atoms with Gasteiger partial charge in [-0.3, -0.25) is 10.1 Å². The van der Waals surface area contributed by atoms with Gasteiger partial charge in [0, 0.05) is 37.6 Å². The number of aryl methyl sites for hydroxylation is 1. The second-order valence-electron chi connectivity index (χ2n) is 1.96. The van der Waals surface area contributed by atoms with Gasteiger partial charge in [-0.25, -0.2) is 0 Å². The second kappa shape index (κ2) is 4.57. The minimum atomic E-state index is -0.435. The van der Waals surface area contributed by atoms with Gasteiger partial charge in [0.1, 0.15) is 0 Å². The van der Waals surface area contributed by atoms with Crippen LogP contribution in [0.1, 0.15) is 5.56 Å². The van der Waals surface area contributed by atoms with Crippen molar-refractivity contribution in [2.75, 3.05) is 0 Å². The molecular weight excluding hydrogens is 219 g/mol.